The number of benzene rings is 1. The lowest BCUT2D eigenvalue weighted by Crippen LogP contribution is -2.25. The molecule has 1 heterocycles. The molecule has 0 saturated carbocycles. The molecule has 2 aromatic rings. The highest BCUT2D eigenvalue weighted by molar-refractivity contribution is 5.70. The Morgan fingerprint density at radius 1 is 1.35 bits per heavy atom. The SMILES string of the molecule is Cc1cccc(-c2nnn(C[C@H](C)CC(=O)OC(C)(C)C)n2)c1. The first kappa shape index (κ1) is 17.1. The van der Waals surface area contributed by atoms with Gasteiger partial charge in [0.25, 0.3) is 0 Å². The summed E-state index contributed by atoms with van der Waals surface area (Å²) >= 11 is 0. The first-order valence-electron chi connectivity index (χ1n) is 7.79. The Morgan fingerprint density at radius 2 is 2.09 bits per heavy atom. The van der Waals surface area contributed by atoms with E-state index in [1.54, 1.807) is 0 Å². The fourth-order valence-corrected chi connectivity index (χ4v) is 2.23. The van der Waals surface area contributed by atoms with Crippen molar-refractivity contribution < 1.29 is 9.53 Å². The third-order valence-electron chi connectivity index (χ3n) is 3.14. The van der Waals surface area contributed by atoms with Crippen molar-refractivity contribution in [1.29, 1.82) is 0 Å². The van der Waals surface area contributed by atoms with Gasteiger partial charge in [0.15, 0.2) is 0 Å². The summed E-state index contributed by atoms with van der Waals surface area (Å²) in [5.41, 5.74) is 1.63. The van der Waals surface area contributed by atoms with Gasteiger partial charge in [-0.2, -0.15) is 4.80 Å². The Bertz CT molecular complexity index is 673. The Kier molecular flexibility index (Phi) is 5.13. The van der Waals surface area contributed by atoms with Crippen molar-refractivity contribution in [3.8, 4) is 11.4 Å². The van der Waals surface area contributed by atoms with Crippen LogP contribution in [0.5, 0.6) is 0 Å². The number of hydrogen-bond acceptors (Lipinski definition) is 5. The fraction of sp³-hybridized carbons (Fsp3) is 0.529. The van der Waals surface area contributed by atoms with Gasteiger partial charge in [0.1, 0.15) is 5.60 Å². The average Bonchev–Trinajstić information content (AvgIpc) is 2.84. The van der Waals surface area contributed by atoms with Crippen LogP contribution in [0, 0.1) is 12.8 Å². The standard InChI is InChI=1S/C17H24N4O2/c1-12-7-6-8-14(9-12)16-18-20-21(19-16)11-13(2)10-15(22)23-17(3,4)5/h6-9,13H,10-11H2,1-5H3/t13-/m1/s1. The van der Waals surface area contributed by atoms with E-state index in [9.17, 15) is 4.79 Å². The van der Waals surface area contributed by atoms with E-state index in [1.165, 1.54) is 4.80 Å². The van der Waals surface area contributed by atoms with Crippen LogP contribution >= 0.6 is 0 Å². The minimum Gasteiger partial charge on any atom is -0.460 e. The molecule has 0 aliphatic heterocycles. The van der Waals surface area contributed by atoms with Gasteiger partial charge in [-0.1, -0.05) is 30.7 Å². The van der Waals surface area contributed by atoms with Gasteiger partial charge in [0.2, 0.25) is 5.82 Å². The predicted molar refractivity (Wildman–Crippen MR) is 87.6 cm³/mol. The molecule has 6 heteroatoms. The second-order valence-electron chi connectivity index (χ2n) is 6.93. The molecule has 1 aromatic carbocycles. The van der Waals surface area contributed by atoms with Gasteiger partial charge < -0.3 is 4.74 Å². The number of hydrogen-bond donors (Lipinski definition) is 0. The average molecular weight is 316 g/mol. The van der Waals surface area contributed by atoms with E-state index >= 15 is 0 Å². The molecule has 124 valence electrons. The summed E-state index contributed by atoms with van der Waals surface area (Å²) in [6.45, 7) is 10.1. The van der Waals surface area contributed by atoms with E-state index in [0.29, 0.717) is 18.8 Å². The molecule has 0 unspecified atom stereocenters. The van der Waals surface area contributed by atoms with Gasteiger partial charge >= 0.3 is 5.97 Å². The van der Waals surface area contributed by atoms with Crippen LogP contribution in [-0.4, -0.2) is 31.8 Å². The molecule has 0 bridgehead atoms. The molecule has 1 atom stereocenters. The molecule has 0 aliphatic carbocycles. The van der Waals surface area contributed by atoms with Crippen LogP contribution in [0.2, 0.25) is 0 Å². The minimum atomic E-state index is -0.458. The molecule has 1 aromatic heterocycles. The zero-order valence-electron chi connectivity index (χ0n) is 14.4. The number of esters is 1. The second-order valence-corrected chi connectivity index (χ2v) is 6.93. The normalized spacial score (nSPS) is 12.9. The van der Waals surface area contributed by atoms with Gasteiger partial charge in [0, 0.05) is 12.0 Å². The molecule has 6 nitrogen and oxygen atoms in total. The van der Waals surface area contributed by atoms with Crippen LogP contribution in [0.3, 0.4) is 0 Å². The van der Waals surface area contributed by atoms with E-state index in [1.807, 2.05) is 58.9 Å². The van der Waals surface area contributed by atoms with Crippen molar-refractivity contribution in [1.82, 2.24) is 20.2 Å². The lowest BCUT2D eigenvalue weighted by atomic mass is 10.1. The first-order valence-corrected chi connectivity index (χ1v) is 7.79. The van der Waals surface area contributed by atoms with E-state index < -0.39 is 5.60 Å². The molecule has 0 spiro atoms. The van der Waals surface area contributed by atoms with Crippen molar-refractivity contribution >= 4 is 5.97 Å². The Labute approximate surface area is 136 Å². The molecule has 2 rings (SSSR count). The van der Waals surface area contributed by atoms with Crippen molar-refractivity contribution in [3.63, 3.8) is 0 Å². The molecule has 0 fully saturated rings. The van der Waals surface area contributed by atoms with Gasteiger partial charge in [-0.15, -0.1) is 10.2 Å². The summed E-state index contributed by atoms with van der Waals surface area (Å²) < 4.78 is 5.33. The van der Waals surface area contributed by atoms with Crippen LogP contribution < -0.4 is 0 Å². The number of carbonyl (C=O) groups excluding carboxylic acids is 1. The first-order chi connectivity index (χ1) is 10.7. The number of aryl methyl sites for hydroxylation is 1. The van der Waals surface area contributed by atoms with Crippen molar-refractivity contribution in [2.24, 2.45) is 5.92 Å². The van der Waals surface area contributed by atoms with Crippen molar-refractivity contribution in [2.75, 3.05) is 0 Å². The van der Waals surface area contributed by atoms with Crippen molar-refractivity contribution in [2.45, 2.75) is 53.2 Å². The van der Waals surface area contributed by atoms with E-state index in [0.717, 1.165) is 11.1 Å². The summed E-state index contributed by atoms with van der Waals surface area (Å²) in [5, 5.41) is 12.5. The highest BCUT2D eigenvalue weighted by atomic mass is 16.6. The maximum Gasteiger partial charge on any atom is 0.306 e. The third kappa shape index (κ3) is 5.47. The maximum atomic E-state index is 11.8. The smallest absolute Gasteiger partial charge is 0.306 e. The van der Waals surface area contributed by atoms with E-state index in [4.69, 9.17) is 4.74 Å². The van der Waals surface area contributed by atoms with Gasteiger partial charge in [-0.3, -0.25) is 4.79 Å². The topological polar surface area (TPSA) is 69.9 Å². The lowest BCUT2D eigenvalue weighted by Gasteiger charge is -2.20. The van der Waals surface area contributed by atoms with Gasteiger partial charge in [0.05, 0.1) is 6.54 Å². The molecular weight excluding hydrogens is 292 g/mol. The fourth-order valence-electron chi connectivity index (χ4n) is 2.23. The summed E-state index contributed by atoms with van der Waals surface area (Å²) in [6.07, 6.45) is 0.332. The van der Waals surface area contributed by atoms with Gasteiger partial charge in [-0.05, 0) is 44.9 Å². The highest BCUT2D eigenvalue weighted by Crippen LogP contribution is 2.16. The largest absolute Gasteiger partial charge is 0.460 e. The molecular formula is C17H24N4O2. The number of nitrogens with zero attached hydrogens (tertiary/aromatic N) is 4. The van der Waals surface area contributed by atoms with Crippen molar-refractivity contribution in [3.05, 3.63) is 29.8 Å². The molecule has 0 radical (unpaired) electrons. The Balaban J connectivity index is 1.95. The zero-order chi connectivity index (χ0) is 17.0. The Hall–Kier alpha value is -2.24. The number of ether oxygens (including phenoxy) is 1. The van der Waals surface area contributed by atoms with E-state index in [-0.39, 0.29) is 11.9 Å². The molecule has 0 saturated heterocycles. The monoisotopic (exact) mass is 316 g/mol. The van der Waals surface area contributed by atoms with Crippen LogP contribution in [0.4, 0.5) is 0 Å². The van der Waals surface area contributed by atoms with Crippen LogP contribution in [0.15, 0.2) is 24.3 Å². The summed E-state index contributed by atoms with van der Waals surface area (Å²) in [6, 6.07) is 7.97. The second kappa shape index (κ2) is 6.89. The highest BCUT2D eigenvalue weighted by Gasteiger charge is 2.19. The lowest BCUT2D eigenvalue weighted by molar-refractivity contribution is -0.155. The quantitative estimate of drug-likeness (QED) is 0.793. The van der Waals surface area contributed by atoms with Crippen LogP contribution in [-0.2, 0) is 16.1 Å². The molecule has 0 aliphatic rings. The predicted octanol–water partition coefficient (Wildman–Crippen LogP) is 3.02. The molecule has 0 N–H and O–H groups in total. The molecule has 23 heavy (non-hydrogen) atoms. The number of tetrazole rings is 1. The zero-order valence-corrected chi connectivity index (χ0v) is 14.4. The Morgan fingerprint density at radius 3 is 2.74 bits per heavy atom. The summed E-state index contributed by atoms with van der Waals surface area (Å²) in [7, 11) is 0. The van der Waals surface area contributed by atoms with Crippen LogP contribution in [0.1, 0.15) is 39.7 Å². The number of carbonyl (C=O) groups is 1. The number of aromatic nitrogens is 4. The minimum absolute atomic E-state index is 0.0735. The van der Waals surface area contributed by atoms with Gasteiger partial charge in [-0.25, -0.2) is 0 Å². The molecule has 0 amide bonds. The summed E-state index contributed by atoms with van der Waals surface area (Å²) in [4.78, 5) is 13.4. The summed E-state index contributed by atoms with van der Waals surface area (Å²) in [5.74, 6) is 0.464. The third-order valence-corrected chi connectivity index (χ3v) is 3.14. The van der Waals surface area contributed by atoms with E-state index in [2.05, 4.69) is 15.4 Å². The maximum absolute atomic E-state index is 11.8. The number of rotatable bonds is 5. The van der Waals surface area contributed by atoms with Crippen LogP contribution in [0.25, 0.3) is 11.4 Å².